The molecule has 8 nitrogen and oxygen atoms in total. The second-order valence-electron chi connectivity index (χ2n) is 9.60. The van der Waals surface area contributed by atoms with Gasteiger partial charge in [-0.15, -0.1) is 0 Å². The number of anilines is 1. The van der Waals surface area contributed by atoms with Crippen LogP contribution in [0.25, 0.3) is 5.65 Å². The van der Waals surface area contributed by atoms with Crippen LogP contribution in [-0.4, -0.2) is 63.9 Å². The van der Waals surface area contributed by atoms with Crippen LogP contribution >= 0.6 is 0 Å². The van der Waals surface area contributed by atoms with Crippen molar-refractivity contribution < 1.29 is 9.53 Å². The third-order valence-corrected chi connectivity index (χ3v) is 5.98. The van der Waals surface area contributed by atoms with Crippen LogP contribution in [0.3, 0.4) is 0 Å². The van der Waals surface area contributed by atoms with Gasteiger partial charge in [-0.05, 0) is 53.5 Å². The first-order valence-electron chi connectivity index (χ1n) is 11.0. The minimum Gasteiger partial charge on any atom is -0.444 e. The molecule has 0 bridgehead atoms. The maximum absolute atomic E-state index is 12.4. The van der Waals surface area contributed by atoms with E-state index in [1.165, 1.54) is 12.8 Å². The fourth-order valence-corrected chi connectivity index (χ4v) is 4.35. The fraction of sp³-hybridized carbons (Fsp3) is 0.682. The molecule has 2 saturated heterocycles. The molecule has 0 radical (unpaired) electrons. The molecule has 1 N–H and O–H groups in total. The molecule has 30 heavy (non-hydrogen) atoms. The van der Waals surface area contributed by atoms with Crippen molar-refractivity contribution in [2.24, 2.45) is 0 Å². The van der Waals surface area contributed by atoms with E-state index in [2.05, 4.69) is 29.4 Å². The number of ether oxygens (including phenoxy) is 1. The van der Waals surface area contributed by atoms with Gasteiger partial charge >= 0.3 is 6.09 Å². The Kier molecular flexibility index (Phi) is 5.61. The molecule has 0 aromatic carbocycles. The van der Waals surface area contributed by atoms with Crippen molar-refractivity contribution in [3.8, 4) is 0 Å². The van der Waals surface area contributed by atoms with Crippen molar-refractivity contribution in [3.63, 3.8) is 0 Å². The second kappa shape index (κ2) is 8.06. The van der Waals surface area contributed by atoms with Gasteiger partial charge in [0.15, 0.2) is 5.65 Å². The van der Waals surface area contributed by atoms with Gasteiger partial charge in [0.05, 0.1) is 17.8 Å². The number of fused-ring (bicyclic) bond motifs is 1. The number of likely N-dealkylation sites (N-methyl/N-ethyl adjacent to an activating group) is 1. The highest BCUT2D eigenvalue weighted by Gasteiger charge is 2.32. The predicted molar refractivity (Wildman–Crippen MR) is 117 cm³/mol. The van der Waals surface area contributed by atoms with Crippen LogP contribution in [-0.2, 0) is 4.74 Å². The first-order chi connectivity index (χ1) is 14.2. The fourth-order valence-electron chi connectivity index (χ4n) is 4.35. The lowest BCUT2D eigenvalue weighted by Crippen LogP contribution is -2.42. The predicted octanol–water partition coefficient (Wildman–Crippen LogP) is 3.30. The standard InChI is InChI=1S/C22H34N6O2/c1-15-13-28-19(12-18(25-28)17-8-6-7-10-23-17)24-20(15)27-11-9-16(14-27)26(5)21(29)30-22(2,3)4/h12-13,16-17,23H,6-11,14H2,1-5H3/t16-,17-/m0/s1. The minimum atomic E-state index is -0.486. The molecule has 8 heteroatoms. The molecular weight excluding hydrogens is 380 g/mol. The number of carbonyl (C=O) groups excluding carboxylic acids is 1. The van der Waals surface area contributed by atoms with E-state index in [4.69, 9.17) is 14.8 Å². The largest absolute Gasteiger partial charge is 0.444 e. The number of piperidine rings is 1. The van der Waals surface area contributed by atoms with Gasteiger partial charge in [0, 0.05) is 38.0 Å². The van der Waals surface area contributed by atoms with Gasteiger partial charge < -0.3 is 19.9 Å². The molecule has 2 aliphatic rings. The summed E-state index contributed by atoms with van der Waals surface area (Å²) < 4.78 is 7.42. The molecule has 1 amide bonds. The first kappa shape index (κ1) is 20.9. The zero-order valence-electron chi connectivity index (χ0n) is 18.8. The molecule has 2 aliphatic heterocycles. The van der Waals surface area contributed by atoms with Crippen LogP contribution < -0.4 is 10.2 Å². The normalized spacial score (nSPS) is 22.5. The molecule has 164 valence electrons. The Hall–Kier alpha value is -2.35. The molecule has 4 heterocycles. The van der Waals surface area contributed by atoms with E-state index in [0.29, 0.717) is 6.04 Å². The van der Waals surface area contributed by atoms with Crippen LogP contribution in [0.15, 0.2) is 12.3 Å². The Morgan fingerprint density at radius 3 is 2.80 bits per heavy atom. The van der Waals surface area contributed by atoms with Crippen molar-refractivity contribution in [2.75, 3.05) is 31.6 Å². The van der Waals surface area contributed by atoms with E-state index in [1.807, 2.05) is 32.3 Å². The summed E-state index contributed by atoms with van der Waals surface area (Å²) in [7, 11) is 1.83. The number of carbonyl (C=O) groups is 1. The SMILES string of the molecule is Cc1cn2nc([C@@H]3CCCCN3)cc2nc1N1CC[C@H](N(C)C(=O)OC(C)(C)C)C1. The van der Waals surface area contributed by atoms with Crippen LogP contribution in [0.1, 0.15) is 63.8 Å². The molecule has 4 rings (SSSR count). The summed E-state index contributed by atoms with van der Waals surface area (Å²) in [5.74, 6) is 0.977. The van der Waals surface area contributed by atoms with E-state index in [0.717, 1.165) is 55.2 Å². The number of rotatable bonds is 3. The third-order valence-electron chi connectivity index (χ3n) is 5.98. The van der Waals surface area contributed by atoms with Crippen LogP contribution in [0.2, 0.25) is 0 Å². The number of amides is 1. The molecule has 0 aliphatic carbocycles. The molecule has 0 saturated carbocycles. The molecule has 0 unspecified atom stereocenters. The lowest BCUT2D eigenvalue weighted by Gasteiger charge is -2.28. The number of aryl methyl sites for hydroxylation is 1. The average molecular weight is 415 g/mol. The van der Waals surface area contributed by atoms with E-state index in [1.54, 1.807) is 4.90 Å². The summed E-state index contributed by atoms with van der Waals surface area (Å²) in [6.45, 7) is 10.4. The van der Waals surface area contributed by atoms with Crippen molar-refractivity contribution in [1.82, 2.24) is 24.8 Å². The summed E-state index contributed by atoms with van der Waals surface area (Å²) in [5.41, 5.74) is 2.55. The Morgan fingerprint density at radius 1 is 1.30 bits per heavy atom. The lowest BCUT2D eigenvalue weighted by molar-refractivity contribution is 0.0238. The Bertz CT molecular complexity index is 912. The average Bonchev–Trinajstić information content (AvgIpc) is 3.33. The van der Waals surface area contributed by atoms with Crippen molar-refractivity contribution in [3.05, 3.63) is 23.5 Å². The summed E-state index contributed by atoms with van der Waals surface area (Å²) in [6, 6.07) is 2.54. The van der Waals surface area contributed by atoms with Crippen LogP contribution in [0.4, 0.5) is 10.6 Å². The maximum Gasteiger partial charge on any atom is 0.410 e. The Balaban J connectivity index is 1.49. The van der Waals surface area contributed by atoms with E-state index in [9.17, 15) is 4.79 Å². The van der Waals surface area contributed by atoms with Gasteiger partial charge in [0.2, 0.25) is 0 Å². The molecule has 2 aromatic rings. The van der Waals surface area contributed by atoms with Crippen molar-refractivity contribution in [1.29, 1.82) is 0 Å². The smallest absolute Gasteiger partial charge is 0.410 e. The summed E-state index contributed by atoms with van der Waals surface area (Å²) in [5, 5.41) is 8.33. The number of nitrogens with one attached hydrogen (secondary N) is 1. The molecule has 2 atom stereocenters. The van der Waals surface area contributed by atoms with Gasteiger partial charge in [-0.1, -0.05) is 6.42 Å². The first-order valence-corrected chi connectivity index (χ1v) is 11.0. The zero-order valence-corrected chi connectivity index (χ0v) is 18.8. The van der Waals surface area contributed by atoms with E-state index < -0.39 is 5.60 Å². The van der Waals surface area contributed by atoms with Gasteiger partial charge in [-0.3, -0.25) is 0 Å². The van der Waals surface area contributed by atoms with Gasteiger partial charge in [0.1, 0.15) is 11.4 Å². The number of hydrogen-bond acceptors (Lipinski definition) is 6. The van der Waals surface area contributed by atoms with Gasteiger partial charge in [0.25, 0.3) is 0 Å². The van der Waals surface area contributed by atoms with Gasteiger partial charge in [-0.25, -0.2) is 14.3 Å². The Labute approximate surface area is 178 Å². The quantitative estimate of drug-likeness (QED) is 0.831. The zero-order chi connectivity index (χ0) is 21.5. The molecule has 0 spiro atoms. The van der Waals surface area contributed by atoms with E-state index in [-0.39, 0.29) is 12.1 Å². The maximum atomic E-state index is 12.4. The van der Waals surface area contributed by atoms with Crippen molar-refractivity contribution >= 4 is 17.6 Å². The summed E-state index contributed by atoms with van der Waals surface area (Å²) in [4.78, 5) is 21.4. The number of nitrogens with zero attached hydrogens (tertiary/aromatic N) is 5. The topological polar surface area (TPSA) is 75.0 Å². The Morgan fingerprint density at radius 2 is 2.10 bits per heavy atom. The second-order valence-corrected chi connectivity index (χ2v) is 9.60. The molecule has 2 fully saturated rings. The highest BCUT2D eigenvalue weighted by Crippen LogP contribution is 2.27. The number of aromatic nitrogens is 3. The monoisotopic (exact) mass is 414 g/mol. The van der Waals surface area contributed by atoms with Crippen molar-refractivity contribution in [2.45, 2.75) is 71.1 Å². The van der Waals surface area contributed by atoms with Crippen LogP contribution in [0, 0.1) is 6.92 Å². The molecule has 2 aromatic heterocycles. The highest BCUT2D eigenvalue weighted by molar-refractivity contribution is 5.68. The highest BCUT2D eigenvalue weighted by atomic mass is 16.6. The van der Waals surface area contributed by atoms with Crippen LogP contribution in [0.5, 0.6) is 0 Å². The summed E-state index contributed by atoms with van der Waals surface area (Å²) in [6.07, 6.45) is 6.30. The lowest BCUT2D eigenvalue weighted by atomic mass is 10.0. The van der Waals surface area contributed by atoms with E-state index >= 15 is 0 Å². The third kappa shape index (κ3) is 4.38. The van der Waals surface area contributed by atoms with Gasteiger partial charge in [-0.2, -0.15) is 5.10 Å². The molecular formula is C22H34N6O2. The summed E-state index contributed by atoms with van der Waals surface area (Å²) >= 11 is 0. The number of hydrogen-bond donors (Lipinski definition) is 1. The minimum absolute atomic E-state index is 0.115.